The zero-order valence-corrected chi connectivity index (χ0v) is 13.2. The third-order valence-corrected chi connectivity index (χ3v) is 6.22. The van der Waals surface area contributed by atoms with Gasteiger partial charge in [0, 0.05) is 18.5 Å². The van der Waals surface area contributed by atoms with Crippen LogP contribution in [0.4, 0.5) is 0 Å². The Morgan fingerprint density at radius 2 is 2.09 bits per heavy atom. The number of fused-ring (bicyclic) bond motifs is 1. The number of carbonyl (C=O) groups excluding carboxylic acids is 2. The summed E-state index contributed by atoms with van der Waals surface area (Å²) in [5.41, 5.74) is 7.66. The number of likely N-dealkylation sites (tertiary alicyclic amines) is 1. The van der Waals surface area contributed by atoms with Crippen molar-refractivity contribution in [1.29, 1.82) is 0 Å². The van der Waals surface area contributed by atoms with E-state index >= 15 is 0 Å². The molecule has 1 fully saturated rings. The van der Waals surface area contributed by atoms with Crippen LogP contribution >= 0.6 is 0 Å². The number of nitrogens with zero attached hydrogens (tertiary/aromatic N) is 1. The number of benzene rings is 1. The van der Waals surface area contributed by atoms with Gasteiger partial charge in [-0.2, -0.15) is 0 Å². The third-order valence-electron chi connectivity index (χ3n) is 4.56. The topological polar surface area (TPSA) is 86.5 Å². The summed E-state index contributed by atoms with van der Waals surface area (Å²) in [6.45, 7) is 0.533. The molecule has 1 aromatic rings. The van der Waals surface area contributed by atoms with Crippen LogP contribution in [0.2, 0.25) is 0 Å². The second kappa shape index (κ2) is 6.30. The minimum absolute atomic E-state index is 0.0250. The van der Waals surface area contributed by atoms with Gasteiger partial charge in [0.2, 0.25) is 5.91 Å². The molecule has 2 amide bonds. The van der Waals surface area contributed by atoms with Gasteiger partial charge in [-0.25, -0.2) is 0 Å². The van der Waals surface area contributed by atoms with Crippen LogP contribution in [0.5, 0.6) is 0 Å². The van der Waals surface area contributed by atoms with Gasteiger partial charge in [-0.05, 0) is 36.0 Å². The number of hydrogen-bond donors (Lipinski definition) is 1. The normalized spacial score (nSPS) is 25.0. The van der Waals surface area contributed by atoms with E-state index in [0.717, 1.165) is 24.8 Å². The van der Waals surface area contributed by atoms with Crippen molar-refractivity contribution in [2.45, 2.75) is 37.0 Å². The molecule has 1 aliphatic heterocycles. The zero-order valence-electron chi connectivity index (χ0n) is 12.4. The summed E-state index contributed by atoms with van der Waals surface area (Å²) in [6, 6.07) is 7.45. The van der Waals surface area contributed by atoms with Crippen LogP contribution in [0.1, 0.15) is 35.6 Å². The number of primary amides is 1. The Kier molecular flexibility index (Phi) is 4.40. The number of hydrogen-bond acceptors (Lipinski definition) is 3. The summed E-state index contributed by atoms with van der Waals surface area (Å²) in [5, 5.41) is -0.0743. The Morgan fingerprint density at radius 1 is 1.32 bits per heavy atom. The fourth-order valence-corrected chi connectivity index (χ4v) is 4.96. The first-order chi connectivity index (χ1) is 10.6. The Morgan fingerprint density at radius 3 is 2.86 bits per heavy atom. The zero-order chi connectivity index (χ0) is 15.7. The molecule has 1 aliphatic carbocycles. The highest BCUT2D eigenvalue weighted by Crippen LogP contribution is 2.37. The minimum Gasteiger partial charge on any atom is -0.615 e. The highest BCUT2D eigenvalue weighted by Gasteiger charge is 2.38. The van der Waals surface area contributed by atoms with Gasteiger partial charge in [-0.1, -0.05) is 24.3 Å². The molecule has 22 heavy (non-hydrogen) atoms. The summed E-state index contributed by atoms with van der Waals surface area (Å²) in [4.78, 5) is 25.2. The van der Waals surface area contributed by atoms with Gasteiger partial charge in [0.15, 0.2) is 5.75 Å². The maximum absolute atomic E-state index is 12.6. The molecule has 1 saturated heterocycles. The lowest BCUT2D eigenvalue weighted by Crippen LogP contribution is -2.46. The van der Waals surface area contributed by atoms with E-state index in [1.807, 2.05) is 18.2 Å². The van der Waals surface area contributed by atoms with Gasteiger partial charge in [-0.15, -0.1) is 0 Å². The van der Waals surface area contributed by atoms with Crippen molar-refractivity contribution in [2.24, 2.45) is 5.73 Å². The van der Waals surface area contributed by atoms with Crippen molar-refractivity contribution in [3.05, 3.63) is 35.4 Å². The van der Waals surface area contributed by atoms with Gasteiger partial charge < -0.3 is 15.2 Å². The lowest BCUT2D eigenvalue weighted by molar-refractivity contribution is -0.135. The molecule has 3 rings (SSSR count). The average molecular weight is 320 g/mol. The van der Waals surface area contributed by atoms with E-state index in [2.05, 4.69) is 6.07 Å². The van der Waals surface area contributed by atoms with Crippen molar-refractivity contribution >= 4 is 23.0 Å². The van der Waals surface area contributed by atoms with Gasteiger partial charge in [0.1, 0.15) is 11.3 Å². The standard InChI is InChI=1S/C16H20N2O3S/c17-16(20)13-6-3-9-18(13)15(19)10-22(21)14-8-7-11-4-1-2-5-12(11)14/h1-2,4-5,13-14H,3,6-10H2,(H2,17,20). The smallest absolute Gasteiger partial charge is 0.273 e. The number of nitrogens with two attached hydrogens (primary N) is 1. The monoisotopic (exact) mass is 320 g/mol. The third kappa shape index (κ3) is 2.85. The van der Waals surface area contributed by atoms with Crippen LogP contribution in [0, 0.1) is 0 Å². The predicted octanol–water partition coefficient (Wildman–Crippen LogP) is 0.899. The molecule has 1 aromatic carbocycles. The van der Waals surface area contributed by atoms with Crippen LogP contribution < -0.4 is 5.73 Å². The van der Waals surface area contributed by atoms with E-state index in [1.165, 1.54) is 10.5 Å². The molecule has 118 valence electrons. The van der Waals surface area contributed by atoms with Gasteiger partial charge >= 0.3 is 0 Å². The molecule has 0 radical (unpaired) electrons. The lowest BCUT2D eigenvalue weighted by Gasteiger charge is -2.24. The van der Waals surface area contributed by atoms with Crippen LogP contribution in [-0.2, 0) is 27.2 Å². The second-order valence-electron chi connectivity index (χ2n) is 5.90. The largest absolute Gasteiger partial charge is 0.615 e. The fraction of sp³-hybridized carbons (Fsp3) is 0.500. The Bertz CT molecular complexity index is 593. The highest BCUT2D eigenvalue weighted by molar-refractivity contribution is 7.92. The number of amides is 2. The van der Waals surface area contributed by atoms with Gasteiger partial charge in [0.25, 0.3) is 5.91 Å². The molecule has 3 unspecified atom stereocenters. The number of aryl methyl sites for hydroxylation is 1. The maximum Gasteiger partial charge on any atom is 0.273 e. The van der Waals surface area contributed by atoms with Crippen LogP contribution in [0.15, 0.2) is 24.3 Å². The van der Waals surface area contributed by atoms with E-state index < -0.39 is 23.1 Å². The van der Waals surface area contributed by atoms with Crippen LogP contribution in [0.3, 0.4) is 0 Å². The Balaban J connectivity index is 1.66. The molecule has 2 N–H and O–H groups in total. The van der Waals surface area contributed by atoms with E-state index in [1.54, 1.807) is 0 Å². The maximum atomic E-state index is 12.6. The van der Waals surface area contributed by atoms with Crippen molar-refractivity contribution in [1.82, 2.24) is 4.90 Å². The highest BCUT2D eigenvalue weighted by atomic mass is 32.2. The molecule has 0 bridgehead atoms. The SMILES string of the molecule is NC(=O)C1CCCN1C(=O)C[S+]([O-])C1CCc2ccccc21. The second-order valence-corrected chi connectivity index (χ2v) is 7.52. The molecule has 0 saturated carbocycles. The number of rotatable bonds is 4. The van der Waals surface area contributed by atoms with E-state index in [0.29, 0.717) is 13.0 Å². The quantitative estimate of drug-likeness (QED) is 0.836. The molecule has 0 spiro atoms. The first kappa shape index (κ1) is 15.4. The van der Waals surface area contributed by atoms with E-state index in [-0.39, 0.29) is 16.9 Å². The van der Waals surface area contributed by atoms with Crippen LogP contribution in [0.25, 0.3) is 0 Å². The summed E-state index contributed by atoms with van der Waals surface area (Å²) in [5.74, 6) is -0.713. The predicted molar refractivity (Wildman–Crippen MR) is 84.4 cm³/mol. The molecular formula is C16H20N2O3S. The van der Waals surface area contributed by atoms with Crippen LogP contribution in [-0.4, -0.2) is 39.6 Å². The summed E-state index contributed by atoms with van der Waals surface area (Å²) < 4.78 is 12.6. The van der Waals surface area contributed by atoms with Gasteiger partial charge in [0.05, 0.1) is 0 Å². The first-order valence-electron chi connectivity index (χ1n) is 7.61. The van der Waals surface area contributed by atoms with Gasteiger partial charge in [-0.3, -0.25) is 9.59 Å². The lowest BCUT2D eigenvalue weighted by atomic mass is 10.1. The molecule has 1 heterocycles. The first-order valence-corrected chi connectivity index (χ1v) is 9.00. The van der Waals surface area contributed by atoms with E-state index in [9.17, 15) is 14.1 Å². The molecule has 6 heteroatoms. The van der Waals surface area contributed by atoms with Crippen molar-refractivity contribution in [2.75, 3.05) is 12.3 Å². The molecule has 2 aliphatic rings. The molecule has 0 aromatic heterocycles. The average Bonchev–Trinajstić information content (AvgIpc) is 3.14. The van der Waals surface area contributed by atoms with Crippen molar-refractivity contribution in [3.8, 4) is 0 Å². The fourth-order valence-electron chi connectivity index (χ4n) is 3.46. The Labute approximate surface area is 133 Å². The summed E-state index contributed by atoms with van der Waals surface area (Å²) >= 11 is -1.25. The molecular weight excluding hydrogens is 300 g/mol. The number of carbonyl (C=O) groups is 2. The van der Waals surface area contributed by atoms with Crippen molar-refractivity contribution < 1.29 is 14.1 Å². The summed E-state index contributed by atoms with van der Waals surface area (Å²) in [6.07, 6.45) is 3.12. The molecule has 3 atom stereocenters. The molecule has 5 nitrogen and oxygen atoms in total. The summed E-state index contributed by atoms with van der Waals surface area (Å²) in [7, 11) is 0. The minimum atomic E-state index is -1.25. The Hall–Kier alpha value is -1.53. The van der Waals surface area contributed by atoms with E-state index in [4.69, 9.17) is 5.73 Å². The van der Waals surface area contributed by atoms with Crippen molar-refractivity contribution in [3.63, 3.8) is 0 Å².